The zero-order valence-corrected chi connectivity index (χ0v) is 19.5. The van der Waals surface area contributed by atoms with Crippen LogP contribution in [0.15, 0.2) is 24.7 Å². The molecule has 0 saturated heterocycles. The highest BCUT2D eigenvalue weighted by Crippen LogP contribution is 2.66. The number of fused-ring (bicyclic) bond motifs is 6. The standard InChI is InChI=1S/C27H36FN3O/c1-17-7-11-27(28)19(13-17)3-4-20-21-5-6-23(26(21,2)10-8-22(20)27)25(32)16-31-15-18-14-29-12-9-24(18)30-31/h9,12,14-15,17,19-23H,3-8,10-11,13,16H2,1-2H3. The van der Waals surface area contributed by atoms with Crippen LogP contribution in [0.25, 0.3) is 10.9 Å². The molecule has 5 heteroatoms. The number of aromatic nitrogens is 3. The van der Waals surface area contributed by atoms with E-state index in [1.165, 1.54) is 6.42 Å². The minimum Gasteiger partial charge on any atom is -0.297 e. The Morgan fingerprint density at radius 2 is 2.03 bits per heavy atom. The second-order valence-corrected chi connectivity index (χ2v) is 11.9. The average molecular weight is 438 g/mol. The van der Waals surface area contributed by atoms with Crippen LogP contribution in [0, 0.1) is 40.9 Å². The highest BCUT2D eigenvalue weighted by atomic mass is 19.1. The van der Waals surface area contributed by atoms with Gasteiger partial charge in [-0.2, -0.15) is 5.10 Å². The average Bonchev–Trinajstić information content (AvgIpc) is 3.34. The van der Waals surface area contributed by atoms with Gasteiger partial charge in [-0.1, -0.05) is 13.8 Å². The first kappa shape index (κ1) is 20.8. The van der Waals surface area contributed by atoms with Crippen molar-refractivity contribution in [3.05, 3.63) is 24.7 Å². The maximum absolute atomic E-state index is 16.5. The van der Waals surface area contributed by atoms with Crippen molar-refractivity contribution in [3.8, 4) is 0 Å². The van der Waals surface area contributed by atoms with Crippen LogP contribution in [0.2, 0.25) is 0 Å². The van der Waals surface area contributed by atoms with E-state index in [2.05, 4.69) is 23.9 Å². The number of alkyl halides is 1. The van der Waals surface area contributed by atoms with Crippen LogP contribution in [-0.2, 0) is 11.3 Å². The zero-order valence-electron chi connectivity index (χ0n) is 19.5. The molecule has 0 amide bonds. The molecule has 4 fully saturated rings. The lowest BCUT2D eigenvalue weighted by Gasteiger charge is -2.58. The summed E-state index contributed by atoms with van der Waals surface area (Å²) in [5.41, 5.74) is -0.0322. The predicted molar refractivity (Wildman–Crippen MR) is 123 cm³/mol. The number of carbonyl (C=O) groups is 1. The molecule has 4 aliphatic rings. The van der Waals surface area contributed by atoms with Gasteiger partial charge in [0, 0.05) is 29.9 Å². The molecule has 8 atom stereocenters. The number of halogens is 1. The smallest absolute Gasteiger partial charge is 0.157 e. The van der Waals surface area contributed by atoms with Gasteiger partial charge in [0.1, 0.15) is 5.67 Å². The molecule has 2 aromatic rings. The van der Waals surface area contributed by atoms with Gasteiger partial charge in [-0.25, -0.2) is 4.39 Å². The predicted octanol–water partition coefficient (Wildman–Crippen LogP) is 6.00. The molecule has 2 aromatic heterocycles. The second-order valence-electron chi connectivity index (χ2n) is 11.9. The maximum Gasteiger partial charge on any atom is 0.157 e. The first-order chi connectivity index (χ1) is 15.4. The van der Waals surface area contributed by atoms with Crippen molar-refractivity contribution >= 4 is 16.7 Å². The van der Waals surface area contributed by atoms with E-state index in [1.54, 1.807) is 17.1 Å². The highest BCUT2D eigenvalue weighted by Gasteiger charge is 2.62. The monoisotopic (exact) mass is 437 g/mol. The quantitative estimate of drug-likeness (QED) is 0.592. The van der Waals surface area contributed by atoms with E-state index in [0.29, 0.717) is 30.1 Å². The Kier molecular flexibility index (Phi) is 4.79. The fraction of sp³-hybridized carbons (Fsp3) is 0.741. The highest BCUT2D eigenvalue weighted by molar-refractivity contribution is 5.83. The summed E-state index contributed by atoms with van der Waals surface area (Å²) in [6.07, 6.45) is 14.6. The summed E-state index contributed by atoms with van der Waals surface area (Å²) in [6, 6.07) is 1.89. The Morgan fingerprint density at radius 3 is 2.88 bits per heavy atom. The molecule has 2 heterocycles. The van der Waals surface area contributed by atoms with Crippen LogP contribution in [0.1, 0.15) is 71.6 Å². The minimum atomic E-state index is -0.942. The SMILES string of the molecule is CC1CCC2(F)C(CCC3C4CCC(C(=O)Cn5cc6cnccc6n5)C4(C)CCC32)C1. The second kappa shape index (κ2) is 7.36. The van der Waals surface area contributed by atoms with Crippen molar-refractivity contribution in [2.24, 2.45) is 40.9 Å². The molecule has 0 aromatic carbocycles. The number of pyridine rings is 1. The van der Waals surface area contributed by atoms with Crippen LogP contribution in [0.3, 0.4) is 0 Å². The number of Topliss-reactive ketones (excluding diaryl/α,β-unsaturated/α-hetero) is 1. The molecule has 0 bridgehead atoms. The van der Waals surface area contributed by atoms with Gasteiger partial charge < -0.3 is 0 Å². The van der Waals surface area contributed by atoms with Crippen molar-refractivity contribution in [2.45, 2.75) is 83.8 Å². The summed E-state index contributed by atoms with van der Waals surface area (Å²) in [4.78, 5) is 17.6. The molecule has 4 nitrogen and oxygen atoms in total. The Balaban J connectivity index is 1.21. The van der Waals surface area contributed by atoms with Gasteiger partial charge in [-0.05, 0) is 98.9 Å². The van der Waals surface area contributed by atoms with Crippen LogP contribution in [-0.4, -0.2) is 26.2 Å². The Hall–Kier alpha value is -1.78. The van der Waals surface area contributed by atoms with E-state index in [-0.39, 0.29) is 23.2 Å². The summed E-state index contributed by atoms with van der Waals surface area (Å²) >= 11 is 0. The number of ketones is 1. The molecule has 172 valence electrons. The zero-order chi connectivity index (χ0) is 22.1. The Bertz CT molecular complexity index is 1000. The largest absolute Gasteiger partial charge is 0.297 e. The fourth-order valence-corrected chi connectivity index (χ4v) is 8.79. The van der Waals surface area contributed by atoms with Gasteiger partial charge in [0.2, 0.25) is 0 Å². The first-order valence-corrected chi connectivity index (χ1v) is 12.9. The van der Waals surface area contributed by atoms with Crippen molar-refractivity contribution in [1.82, 2.24) is 14.8 Å². The van der Waals surface area contributed by atoms with E-state index in [9.17, 15) is 4.79 Å². The summed E-state index contributed by atoms with van der Waals surface area (Å²) in [5, 5.41) is 5.56. The number of hydrogen-bond acceptors (Lipinski definition) is 3. The van der Waals surface area contributed by atoms with Gasteiger partial charge in [0.25, 0.3) is 0 Å². The van der Waals surface area contributed by atoms with E-state index in [0.717, 1.165) is 62.3 Å². The van der Waals surface area contributed by atoms with Crippen LogP contribution in [0.5, 0.6) is 0 Å². The lowest BCUT2D eigenvalue weighted by atomic mass is 9.48. The molecule has 0 radical (unpaired) electrons. The normalized spacial score (nSPS) is 43.5. The van der Waals surface area contributed by atoms with E-state index >= 15 is 4.39 Å². The molecule has 32 heavy (non-hydrogen) atoms. The van der Waals surface area contributed by atoms with Crippen molar-refractivity contribution in [2.75, 3.05) is 0 Å². The van der Waals surface area contributed by atoms with Crippen molar-refractivity contribution in [3.63, 3.8) is 0 Å². The molecule has 6 rings (SSSR count). The number of hydrogen-bond donors (Lipinski definition) is 0. The number of rotatable bonds is 3. The molecule has 8 unspecified atom stereocenters. The molecule has 0 aliphatic heterocycles. The van der Waals surface area contributed by atoms with E-state index in [4.69, 9.17) is 0 Å². The molecular formula is C27H36FN3O. The third kappa shape index (κ3) is 3.02. The minimum absolute atomic E-state index is 0.0253. The third-order valence-electron chi connectivity index (χ3n) is 10.3. The maximum atomic E-state index is 16.5. The first-order valence-electron chi connectivity index (χ1n) is 12.9. The van der Waals surface area contributed by atoms with Gasteiger partial charge in [-0.3, -0.25) is 14.5 Å². The Labute approximate surface area is 190 Å². The van der Waals surface area contributed by atoms with Crippen molar-refractivity contribution < 1.29 is 9.18 Å². The topological polar surface area (TPSA) is 47.8 Å². The summed E-state index contributed by atoms with van der Waals surface area (Å²) in [5.74, 6) is 2.55. The summed E-state index contributed by atoms with van der Waals surface area (Å²) < 4.78 is 18.3. The molecule has 0 N–H and O–H groups in total. The lowest BCUT2D eigenvalue weighted by molar-refractivity contribution is -0.146. The fourth-order valence-electron chi connectivity index (χ4n) is 8.79. The van der Waals surface area contributed by atoms with Gasteiger partial charge >= 0.3 is 0 Å². The van der Waals surface area contributed by atoms with Gasteiger partial charge in [0.15, 0.2) is 5.78 Å². The Morgan fingerprint density at radius 1 is 1.16 bits per heavy atom. The summed E-state index contributed by atoms with van der Waals surface area (Å²) in [7, 11) is 0. The number of carbonyl (C=O) groups excluding carboxylic acids is 1. The van der Waals surface area contributed by atoms with Crippen LogP contribution < -0.4 is 0 Å². The molecule has 4 saturated carbocycles. The molecule has 4 aliphatic carbocycles. The lowest BCUT2D eigenvalue weighted by Crippen LogP contribution is -2.56. The molecule has 0 spiro atoms. The third-order valence-corrected chi connectivity index (χ3v) is 10.3. The van der Waals surface area contributed by atoms with Crippen LogP contribution in [0.4, 0.5) is 4.39 Å². The van der Waals surface area contributed by atoms with Gasteiger partial charge in [0.05, 0.1) is 12.1 Å². The van der Waals surface area contributed by atoms with E-state index < -0.39 is 5.67 Å². The summed E-state index contributed by atoms with van der Waals surface area (Å²) in [6.45, 7) is 4.99. The van der Waals surface area contributed by atoms with Crippen LogP contribution >= 0.6 is 0 Å². The number of nitrogens with zero attached hydrogens (tertiary/aromatic N) is 3. The molecular weight excluding hydrogens is 401 g/mol. The van der Waals surface area contributed by atoms with Crippen molar-refractivity contribution in [1.29, 1.82) is 0 Å². The van der Waals surface area contributed by atoms with Gasteiger partial charge in [-0.15, -0.1) is 0 Å². The van der Waals surface area contributed by atoms with E-state index in [1.807, 2.05) is 12.3 Å².